The van der Waals surface area contributed by atoms with Gasteiger partial charge in [0.1, 0.15) is 5.65 Å². The first-order chi connectivity index (χ1) is 12.0. The van der Waals surface area contributed by atoms with Crippen LogP contribution in [0, 0.1) is 0 Å². The molecule has 0 aromatic carbocycles. The number of esters is 1. The molecule has 2 aromatic heterocycles. The number of H-pyrrole nitrogens is 1. The Labute approximate surface area is 148 Å². The molecule has 0 unspecified atom stereocenters. The van der Waals surface area contributed by atoms with E-state index in [9.17, 15) is 4.79 Å². The summed E-state index contributed by atoms with van der Waals surface area (Å²) < 4.78 is 10.6. The van der Waals surface area contributed by atoms with Crippen molar-refractivity contribution in [2.24, 2.45) is 0 Å². The zero-order valence-corrected chi connectivity index (χ0v) is 15.5. The van der Waals surface area contributed by atoms with E-state index < -0.39 is 0 Å². The van der Waals surface area contributed by atoms with E-state index >= 15 is 0 Å². The van der Waals surface area contributed by atoms with Crippen molar-refractivity contribution >= 4 is 22.7 Å². The molecule has 0 spiro atoms. The average Bonchev–Trinajstić information content (AvgIpc) is 3.05. The van der Waals surface area contributed by atoms with E-state index in [4.69, 9.17) is 9.47 Å². The minimum absolute atomic E-state index is 0.314. The minimum atomic E-state index is -0.377. The molecule has 6 nitrogen and oxygen atoms in total. The Kier molecular flexibility index (Phi) is 5.27. The summed E-state index contributed by atoms with van der Waals surface area (Å²) in [6.45, 7) is 8.30. The van der Waals surface area contributed by atoms with Gasteiger partial charge in [-0.2, -0.15) is 0 Å². The third kappa shape index (κ3) is 3.49. The fraction of sp³-hybridized carbons (Fsp3) is 0.579. The third-order valence-electron chi connectivity index (χ3n) is 4.87. The van der Waals surface area contributed by atoms with Crippen LogP contribution in [0.5, 0.6) is 0 Å². The van der Waals surface area contributed by atoms with Crippen LogP contribution in [0.15, 0.2) is 12.3 Å². The average molecular weight is 345 g/mol. The third-order valence-corrected chi connectivity index (χ3v) is 4.87. The number of nitrogens with zero attached hydrogens (tertiary/aromatic N) is 2. The molecule has 3 heterocycles. The fourth-order valence-electron chi connectivity index (χ4n) is 3.49. The van der Waals surface area contributed by atoms with Crippen LogP contribution in [0.1, 0.15) is 55.6 Å². The van der Waals surface area contributed by atoms with Crippen molar-refractivity contribution in [3.63, 3.8) is 0 Å². The Morgan fingerprint density at radius 3 is 2.72 bits per heavy atom. The maximum Gasteiger partial charge on any atom is 0.357 e. The Hall–Kier alpha value is -2.08. The Morgan fingerprint density at radius 1 is 1.40 bits per heavy atom. The monoisotopic (exact) mass is 345 g/mol. The van der Waals surface area contributed by atoms with Gasteiger partial charge in [-0.1, -0.05) is 13.8 Å². The molecule has 1 fully saturated rings. The van der Waals surface area contributed by atoms with Crippen molar-refractivity contribution in [2.45, 2.75) is 45.6 Å². The van der Waals surface area contributed by atoms with E-state index in [1.54, 1.807) is 14.0 Å². The van der Waals surface area contributed by atoms with Crippen molar-refractivity contribution in [2.75, 3.05) is 31.7 Å². The van der Waals surface area contributed by atoms with Crippen molar-refractivity contribution in [1.82, 2.24) is 9.97 Å². The quantitative estimate of drug-likeness (QED) is 0.840. The highest BCUT2D eigenvalue weighted by molar-refractivity contribution is 5.99. The summed E-state index contributed by atoms with van der Waals surface area (Å²) in [4.78, 5) is 22.3. The molecule has 0 bridgehead atoms. The zero-order chi connectivity index (χ0) is 18.0. The summed E-state index contributed by atoms with van der Waals surface area (Å²) in [6, 6.07) is 1.88. The second-order valence-corrected chi connectivity index (χ2v) is 6.79. The number of pyridine rings is 1. The molecule has 3 rings (SSSR count). The number of piperidine rings is 1. The minimum Gasteiger partial charge on any atom is -0.461 e. The van der Waals surface area contributed by atoms with Crippen molar-refractivity contribution in [3.05, 3.63) is 23.5 Å². The number of carbonyl (C=O) groups is 1. The number of hydrogen-bond acceptors (Lipinski definition) is 5. The van der Waals surface area contributed by atoms with Crippen LogP contribution in [0.3, 0.4) is 0 Å². The van der Waals surface area contributed by atoms with E-state index in [0.717, 1.165) is 42.7 Å². The lowest BCUT2D eigenvalue weighted by Gasteiger charge is -2.33. The van der Waals surface area contributed by atoms with Crippen molar-refractivity contribution in [3.8, 4) is 0 Å². The number of anilines is 1. The number of fused-ring (bicyclic) bond motifs is 1. The lowest BCUT2D eigenvalue weighted by atomic mass is 10.00. The van der Waals surface area contributed by atoms with E-state index in [-0.39, 0.29) is 5.97 Å². The Morgan fingerprint density at radius 2 is 2.12 bits per heavy atom. The van der Waals surface area contributed by atoms with Gasteiger partial charge in [0.2, 0.25) is 0 Å². The summed E-state index contributed by atoms with van der Waals surface area (Å²) in [6.07, 6.45) is 4.28. The number of methoxy groups -OCH3 is 1. The molecule has 136 valence electrons. The van der Waals surface area contributed by atoms with E-state index in [1.165, 1.54) is 5.56 Å². The van der Waals surface area contributed by atoms with Gasteiger partial charge in [0.15, 0.2) is 5.69 Å². The smallest absolute Gasteiger partial charge is 0.357 e. The predicted octanol–water partition coefficient (Wildman–Crippen LogP) is 3.48. The number of rotatable bonds is 5. The SMILES string of the molecule is CCOC(=O)c1cc(N2CCC(OC)CC2)c2c(C(C)C)c[nH]c2n1. The summed E-state index contributed by atoms with van der Waals surface area (Å²) in [5, 5.41) is 1.11. The van der Waals surface area contributed by atoms with Crippen LogP contribution in [-0.2, 0) is 9.47 Å². The molecular weight excluding hydrogens is 318 g/mol. The molecule has 0 radical (unpaired) electrons. The first-order valence-corrected chi connectivity index (χ1v) is 9.02. The second-order valence-electron chi connectivity index (χ2n) is 6.79. The summed E-state index contributed by atoms with van der Waals surface area (Å²) >= 11 is 0. The van der Waals surface area contributed by atoms with E-state index in [2.05, 4.69) is 28.7 Å². The Balaban J connectivity index is 2.06. The van der Waals surface area contributed by atoms with Crippen LogP contribution >= 0.6 is 0 Å². The van der Waals surface area contributed by atoms with Gasteiger partial charge < -0.3 is 19.4 Å². The molecule has 1 saturated heterocycles. The lowest BCUT2D eigenvalue weighted by molar-refractivity contribution is 0.0519. The Bertz CT molecular complexity index is 746. The molecule has 25 heavy (non-hydrogen) atoms. The molecule has 0 atom stereocenters. The number of carbonyl (C=O) groups excluding carboxylic acids is 1. The molecule has 1 N–H and O–H groups in total. The van der Waals surface area contributed by atoms with Gasteiger partial charge in [-0.05, 0) is 37.3 Å². The molecule has 1 aliphatic heterocycles. The highest BCUT2D eigenvalue weighted by Gasteiger charge is 2.25. The number of ether oxygens (including phenoxy) is 2. The largest absolute Gasteiger partial charge is 0.461 e. The second kappa shape index (κ2) is 7.44. The zero-order valence-electron chi connectivity index (χ0n) is 15.5. The molecule has 1 aliphatic rings. The number of aromatic amines is 1. The highest BCUT2D eigenvalue weighted by atomic mass is 16.5. The van der Waals surface area contributed by atoms with Crippen LogP contribution in [0.2, 0.25) is 0 Å². The first kappa shape index (κ1) is 17.7. The van der Waals surface area contributed by atoms with Crippen LogP contribution in [0.25, 0.3) is 11.0 Å². The standard InChI is InChI=1S/C19H27N3O3/c1-5-25-19(23)15-10-16(22-8-6-13(24-4)7-9-22)17-14(12(2)3)11-20-18(17)21-15/h10-13H,5-9H2,1-4H3,(H,20,21). The molecule has 2 aromatic rings. The van der Waals surface area contributed by atoms with Gasteiger partial charge in [-0.3, -0.25) is 0 Å². The van der Waals surface area contributed by atoms with Gasteiger partial charge in [-0.15, -0.1) is 0 Å². The van der Waals surface area contributed by atoms with Crippen LogP contribution in [0.4, 0.5) is 5.69 Å². The fourth-order valence-corrected chi connectivity index (χ4v) is 3.49. The summed E-state index contributed by atoms with van der Waals surface area (Å²) in [7, 11) is 1.77. The van der Waals surface area contributed by atoms with E-state index in [0.29, 0.717) is 24.3 Å². The van der Waals surface area contributed by atoms with Crippen molar-refractivity contribution < 1.29 is 14.3 Å². The first-order valence-electron chi connectivity index (χ1n) is 9.02. The summed E-state index contributed by atoms with van der Waals surface area (Å²) in [5.74, 6) is -0.00242. The number of aromatic nitrogens is 2. The maximum absolute atomic E-state index is 12.2. The predicted molar refractivity (Wildman–Crippen MR) is 98.4 cm³/mol. The number of nitrogens with one attached hydrogen (secondary N) is 1. The van der Waals surface area contributed by atoms with Crippen molar-refractivity contribution in [1.29, 1.82) is 0 Å². The van der Waals surface area contributed by atoms with Crippen LogP contribution in [-0.4, -0.2) is 48.8 Å². The molecule has 0 amide bonds. The highest BCUT2D eigenvalue weighted by Crippen LogP contribution is 2.35. The number of hydrogen-bond donors (Lipinski definition) is 1. The van der Waals surface area contributed by atoms with Gasteiger partial charge in [0.25, 0.3) is 0 Å². The van der Waals surface area contributed by atoms with Crippen LogP contribution < -0.4 is 4.90 Å². The molecular formula is C19H27N3O3. The molecule has 0 saturated carbocycles. The normalized spacial score (nSPS) is 16.0. The molecule has 0 aliphatic carbocycles. The lowest BCUT2D eigenvalue weighted by Crippen LogP contribution is -2.37. The topological polar surface area (TPSA) is 67.4 Å². The summed E-state index contributed by atoms with van der Waals surface area (Å²) in [5.41, 5.74) is 3.39. The van der Waals surface area contributed by atoms with Gasteiger partial charge in [0, 0.05) is 31.8 Å². The van der Waals surface area contributed by atoms with E-state index in [1.807, 2.05) is 12.3 Å². The maximum atomic E-state index is 12.2. The molecule has 6 heteroatoms. The van der Waals surface area contributed by atoms with Gasteiger partial charge in [-0.25, -0.2) is 9.78 Å². The van der Waals surface area contributed by atoms with Gasteiger partial charge >= 0.3 is 5.97 Å². The van der Waals surface area contributed by atoms with Gasteiger partial charge in [0.05, 0.1) is 18.4 Å².